The van der Waals surface area contributed by atoms with E-state index in [1.165, 1.54) is 5.01 Å². The second-order valence-corrected chi connectivity index (χ2v) is 3.24. The second-order valence-electron chi connectivity index (χ2n) is 2.14. The Morgan fingerprint density at radius 3 is 2.25 bits per heavy atom. The number of rotatable bonds is 2. The molecule has 0 aromatic heterocycles. The average Bonchev–Trinajstić information content (AvgIpc) is 1.85. The predicted molar refractivity (Wildman–Crippen MR) is 35.2 cm³/mol. The van der Waals surface area contributed by atoms with E-state index in [-0.39, 0.29) is 29.6 Å². The first-order valence-corrected chi connectivity index (χ1v) is 4.55. The molecule has 1 aliphatic rings. The number of nitrogens with zero attached hydrogens (tertiary/aromatic N) is 1. The molecule has 1 saturated heterocycles. The number of hydrogen-bond donors (Lipinski definition) is 1. The molecule has 12 heavy (non-hydrogen) atoms. The predicted octanol–water partition coefficient (Wildman–Crippen LogP) is -4.71. The molecule has 0 spiro atoms. The molecule has 0 bridgehead atoms. The van der Waals surface area contributed by atoms with Crippen molar-refractivity contribution in [2.24, 2.45) is 0 Å². The minimum atomic E-state index is -4.35. The molecule has 0 aromatic carbocycles. The van der Waals surface area contributed by atoms with Crippen LogP contribution in [0.25, 0.3) is 0 Å². The SMILES string of the molecule is O=S(=O)([O-])NN1CCOCC1.[Na+]. The first-order valence-electron chi connectivity index (χ1n) is 3.14. The smallest absolute Gasteiger partial charge is 0.734 e. The van der Waals surface area contributed by atoms with E-state index in [1.807, 2.05) is 4.83 Å². The summed E-state index contributed by atoms with van der Waals surface area (Å²) in [5, 5.41) is 1.33. The van der Waals surface area contributed by atoms with Gasteiger partial charge in [-0.2, -0.15) is 4.83 Å². The van der Waals surface area contributed by atoms with Crippen LogP contribution >= 0.6 is 0 Å². The summed E-state index contributed by atoms with van der Waals surface area (Å²) in [4.78, 5) is 1.83. The average molecular weight is 204 g/mol. The van der Waals surface area contributed by atoms with Crippen molar-refractivity contribution < 1.29 is 47.3 Å². The van der Waals surface area contributed by atoms with Crippen molar-refractivity contribution in [3.05, 3.63) is 0 Å². The van der Waals surface area contributed by atoms with Gasteiger partial charge in [0.1, 0.15) is 0 Å². The number of hydrazine groups is 1. The molecule has 1 N–H and O–H groups in total. The Labute approximate surface area is 93.4 Å². The van der Waals surface area contributed by atoms with Crippen molar-refractivity contribution in [1.82, 2.24) is 9.84 Å². The van der Waals surface area contributed by atoms with Crippen LogP contribution in [0.3, 0.4) is 0 Å². The molecule has 1 heterocycles. The minimum absolute atomic E-state index is 0. The summed E-state index contributed by atoms with van der Waals surface area (Å²) in [6, 6.07) is 0. The van der Waals surface area contributed by atoms with E-state index in [1.54, 1.807) is 0 Å². The summed E-state index contributed by atoms with van der Waals surface area (Å²) in [5.41, 5.74) is 0. The number of morpholine rings is 1. The molecule has 0 atom stereocenters. The van der Waals surface area contributed by atoms with Crippen LogP contribution in [0.2, 0.25) is 0 Å². The van der Waals surface area contributed by atoms with Crippen molar-refractivity contribution in [3.63, 3.8) is 0 Å². The maximum absolute atomic E-state index is 10.2. The second kappa shape index (κ2) is 5.51. The van der Waals surface area contributed by atoms with Crippen molar-refractivity contribution in [3.8, 4) is 0 Å². The van der Waals surface area contributed by atoms with Gasteiger partial charge in [0.05, 0.1) is 13.2 Å². The van der Waals surface area contributed by atoms with Crippen LogP contribution in [0.5, 0.6) is 0 Å². The molecule has 0 saturated carbocycles. The molecule has 1 aliphatic heterocycles. The fourth-order valence-electron chi connectivity index (χ4n) is 0.813. The number of ether oxygens (including phenoxy) is 1. The van der Waals surface area contributed by atoms with Gasteiger partial charge in [0.2, 0.25) is 0 Å². The van der Waals surface area contributed by atoms with Crippen LogP contribution in [-0.4, -0.2) is 44.3 Å². The van der Waals surface area contributed by atoms with E-state index in [2.05, 4.69) is 0 Å². The van der Waals surface area contributed by atoms with Crippen LogP contribution < -0.4 is 34.4 Å². The van der Waals surface area contributed by atoms with Crippen LogP contribution in [0.15, 0.2) is 0 Å². The third kappa shape index (κ3) is 5.44. The van der Waals surface area contributed by atoms with Crippen LogP contribution in [0, 0.1) is 0 Å². The quantitative estimate of drug-likeness (QED) is 0.361. The summed E-state index contributed by atoms with van der Waals surface area (Å²) in [6.45, 7) is 1.73. The zero-order valence-corrected chi connectivity index (χ0v) is 9.63. The number of hydrogen-bond acceptors (Lipinski definition) is 5. The fraction of sp³-hybridized carbons (Fsp3) is 1.00. The first-order chi connectivity index (χ1) is 5.08. The van der Waals surface area contributed by atoms with E-state index in [0.717, 1.165) is 0 Å². The van der Waals surface area contributed by atoms with Gasteiger partial charge in [-0.05, 0) is 0 Å². The van der Waals surface area contributed by atoms with Crippen molar-refractivity contribution in [2.75, 3.05) is 26.3 Å². The Morgan fingerprint density at radius 1 is 1.33 bits per heavy atom. The van der Waals surface area contributed by atoms with Gasteiger partial charge < -0.3 is 9.29 Å². The summed E-state index contributed by atoms with van der Waals surface area (Å²) >= 11 is 0. The van der Waals surface area contributed by atoms with Crippen LogP contribution in [0.4, 0.5) is 0 Å². The standard InChI is InChI=1S/C4H10N2O4S.Na/c7-11(8,9)5-6-1-3-10-4-2-6;/h5H,1-4H2,(H,7,8,9);/q;+1/p-1. The molecule has 6 nitrogen and oxygen atoms in total. The monoisotopic (exact) mass is 204 g/mol. The zero-order chi connectivity index (χ0) is 8.32. The van der Waals surface area contributed by atoms with Gasteiger partial charge in [0, 0.05) is 13.1 Å². The van der Waals surface area contributed by atoms with Gasteiger partial charge in [0.15, 0.2) is 10.3 Å². The molecule has 0 unspecified atom stereocenters. The van der Waals surface area contributed by atoms with Crippen LogP contribution in [-0.2, 0) is 15.0 Å². The molecule has 1 fully saturated rings. The van der Waals surface area contributed by atoms with E-state index in [4.69, 9.17) is 4.74 Å². The van der Waals surface area contributed by atoms with Gasteiger partial charge in [-0.15, -0.1) is 0 Å². The Kier molecular flexibility index (Phi) is 5.87. The topological polar surface area (TPSA) is 81.7 Å². The maximum Gasteiger partial charge on any atom is 1.00 e. The summed E-state index contributed by atoms with van der Waals surface area (Å²) < 4.78 is 35.4. The van der Waals surface area contributed by atoms with E-state index in [9.17, 15) is 13.0 Å². The number of nitrogens with one attached hydrogen (secondary N) is 1. The van der Waals surface area contributed by atoms with Gasteiger partial charge in [-0.3, -0.25) is 0 Å². The normalized spacial score (nSPS) is 20.1. The van der Waals surface area contributed by atoms with E-state index in [0.29, 0.717) is 26.3 Å². The molecule has 0 amide bonds. The molecule has 8 heteroatoms. The Bertz CT molecular complexity index is 213. The van der Waals surface area contributed by atoms with Gasteiger partial charge in [0.25, 0.3) is 0 Å². The van der Waals surface area contributed by atoms with Gasteiger partial charge in [-0.25, -0.2) is 13.4 Å². The Morgan fingerprint density at radius 2 is 1.83 bits per heavy atom. The van der Waals surface area contributed by atoms with Crippen molar-refractivity contribution in [2.45, 2.75) is 0 Å². The van der Waals surface area contributed by atoms with Gasteiger partial charge >= 0.3 is 29.6 Å². The first kappa shape index (κ1) is 12.8. The van der Waals surface area contributed by atoms with Gasteiger partial charge in [-0.1, -0.05) is 0 Å². The maximum atomic E-state index is 10.2. The summed E-state index contributed by atoms with van der Waals surface area (Å²) in [5.74, 6) is 0. The Hall–Kier alpha value is 0.790. The third-order valence-electron chi connectivity index (χ3n) is 1.25. The molecular weight excluding hydrogens is 195 g/mol. The molecule has 0 radical (unpaired) electrons. The van der Waals surface area contributed by atoms with E-state index < -0.39 is 10.3 Å². The Balaban J connectivity index is 0.00000121. The largest absolute Gasteiger partial charge is 1.00 e. The zero-order valence-electron chi connectivity index (χ0n) is 6.82. The molecule has 66 valence electrons. The fourth-order valence-corrected chi connectivity index (χ4v) is 1.31. The van der Waals surface area contributed by atoms with Crippen molar-refractivity contribution >= 4 is 10.3 Å². The third-order valence-corrected chi connectivity index (χ3v) is 1.73. The minimum Gasteiger partial charge on any atom is -0.734 e. The van der Waals surface area contributed by atoms with E-state index >= 15 is 0 Å². The molecule has 1 rings (SSSR count). The summed E-state index contributed by atoms with van der Waals surface area (Å²) in [6.07, 6.45) is 0. The summed E-state index contributed by atoms with van der Waals surface area (Å²) in [7, 11) is -4.35. The molecule has 0 aliphatic carbocycles. The molecule has 0 aromatic rings. The van der Waals surface area contributed by atoms with Crippen molar-refractivity contribution in [1.29, 1.82) is 0 Å². The van der Waals surface area contributed by atoms with Crippen LogP contribution in [0.1, 0.15) is 0 Å². The molecular formula is C4H9N2NaO4S.